The van der Waals surface area contributed by atoms with Crippen LogP contribution in [0, 0.1) is 0 Å². The number of hydrogen-bond acceptors (Lipinski definition) is 5. The van der Waals surface area contributed by atoms with Crippen molar-refractivity contribution in [2.45, 2.75) is 38.6 Å². The predicted molar refractivity (Wildman–Crippen MR) is 71.0 cm³/mol. The van der Waals surface area contributed by atoms with Crippen LogP contribution in [0.4, 0.5) is 5.13 Å². The second kappa shape index (κ2) is 5.16. The summed E-state index contributed by atoms with van der Waals surface area (Å²) in [7, 11) is 0. The second-order valence-corrected chi connectivity index (χ2v) is 5.62. The molecule has 1 aliphatic heterocycles. The molecular formula is C12H17N3O2S. The first kappa shape index (κ1) is 13.2. The molecule has 2 heterocycles. The Kier molecular flexibility index (Phi) is 3.77. The van der Waals surface area contributed by atoms with Crippen molar-refractivity contribution >= 4 is 28.2 Å². The fourth-order valence-corrected chi connectivity index (χ4v) is 2.72. The second-order valence-electron chi connectivity index (χ2n) is 4.76. The largest absolute Gasteiger partial charge is 0.304 e. The Morgan fingerprint density at radius 3 is 2.83 bits per heavy atom. The smallest absolute Gasteiger partial charge is 0.246 e. The van der Waals surface area contributed by atoms with Crippen molar-refractivity contribution in [1.29, 1.82) is 0 Å². The van der Waals surface area contributed by atoms with E-state index in [0.29, 0.717) is 10.8 Å². The number of piperidine rings is 1. The Morgan fingerprint density at radius 2 is 2.28 bits per heavy atom. The minimum absolute atomic E-state index is 0.0772. The van der Waals surface area contributed by atoms with E-state index in [1.807, 2.05) is 6.92 Å². The molecule has 1 fully saturated rings. The molecule has 0 saturated carbocycles. The van der Waals surface area contributed by atoms with Crippen LogP contribution in [-0.2, 0) is 4.79 Å². The van der Waals surface area contributed by atoms with E-state index in [0.717, 1.165) is 25.8 Å². The van der Waals surface area contributed by atoms with Crippen LogP contribution in [0.3, 0.4) is 0 Å². The molecule has 1 aliphatic rings. The van der Waals surface area contributed by atoms with Crippen LogP contribution in [0.15, 0.2) is 5.38 Å². The molecule has 1 unspecified atom stereocenters. The minimum atomic E-state index is -0.527. The normalized spacial score (nSPS) is 23.7. The fourth-order valence-electron chi connectivity index (χ4n) is 1.98. The Bertz CT molecular complexity index is 464. The van der Waals surface area contributed by atoms with E-state index in [4.69, 9.17) is 0 Å². The molecule has 98 valence electrons. The van der Waals surface area contributed by atoms with Crippen LogP contribution in [0.1, 0.15) is 43.6 Å². The van der Waals surface area contributed by atoms with Gasteiger partial charge in [0.05, 0.1) is 5.54 Å². The summed E-state index contributed by atoms with van der Waals surface area (Å²) in [6.45, 7) is 4.23. The van der Waals surface area contributed by atoms with Gasteiger partial charge in [-0.2, -0.15) is 0 Å². The summed E-state index contributed by atoms with van der Waals surface area (Å²) in [5, 5.41) is 8.17. The Morgan fingerprint density at radius 1 is 1.50 bits per heavy atom. The first-order chi connectivity index (χ1) is 8.51. The van der Waals surface area contributed by atoms with Crippen molar-refractivity contribution in [2.75, 3.05) is 11.9 Å². The number of anilines is 1. The number of carbonyl (C=O) groups is 2. The number of thiazole rings is 1. The minimum Gasteiger partial charge on any atom is -0.304 e. The lowest BCUT2D eigenvalue weighted by Crippen LogP contribution is -2.54. The molecule has 1 aromatic rings. The zero-order valence-electron chi connectivity index (χ0n) is 10.6. The summed E-state index contributed by atoms with van der Waals surface area (Å²) in [5.74, 6) is -0.166. The van der Waals surface area contributed by atoms with Crippen molar-refractivity contribution in [1.82, 2.24) is 10.3 Å². The first-order valence-corrected chi connectivity index (χ1v) is 6.92. The van der Waals surface area contributed by atoms with Gasteiger partial charge < -0.3 is 10.6 Å². The average molecular weight is 267 g/mol. The lowest BCUT2D eigenvalue weighted by molar-refractivity contribution is -0.122. The topological polar surface area (TPSA) is 71.1 Å². The van der Waals surface area contributed by atoms with Gasteiger partial charge in [-0.3, -0.25) is 9.59 Å². The van der Waals surface area contributed by atoms with Crippen LogP contribution in [0.25, 0.3) is 0 Å². The molecule has 1 atom stereocenters. The molecule has 0 radical (unpaired) electrons. The molecule has 2 N–H and O–H groups in total. The summed E-state index contributed by atoms with van der Waals surface area (Å²) in [5.41, 5.74) is -0.127. The SMILES string of the molecule is CC(=O)c1csc(NC(=O)C2(C)CCCCN2)n1. The Hall–Kier alpha value is -1.27. The molecule has 5 nitrogen and oxygen atoms in total. The first-order valence-electron chi connectivity index (χ1n) is 6.04. The van der Waals surface area contributed by atoms with Gasteiger partial charge in [0.25, 0.3) is 0 Å². The van der Waals surface area contributed by atoms with Crippen molar-refractivity contribution in [2.24, 2.45) is 0 Å². The number of aromatic nitrogens is 1. The molecule has 2 rings (SSSR count). The van der Waals surface area contributed by atoms with Crippen molar-refractivity contribution in [3.05, 3.63) is 11.1 Å². The molecule has 1 saturated heterocycles. The molecule has 1 amide bonds. The summed E-state index contributed by atoms with van der Waals surface area (Å²) in [6.07, 6.45) is 2.98. The maximum Gasteiger partial charge on any atom is 0.246 e. The number of nitrogens with zero attached hydrogens (tertiary/aromatic N) is 1. The highest BCUT2D eigenvalue weighted by Crippen LogP contribution is 2.22. The molecule has 18 heavy (non-hydrogen) atoms. The third-order valence-electron chi connectivity index (χ3n) is 3.21. The van der Waals surface area contributed by atoms with Crippen LogP contribution in [0.5, 0.6) is 0 Å². The van der Waals surface area contributed by atoms with Crippen LogP contribution >= 0.6 is 11.3 Å². The Labute approximate surface area is 110 Å². The summed E-state index contributed by atoms with van der Waals surface area (Å²) in [4.78, 5) is 27.4. The zero-order chi connectivity index (χ0) is 13.2. The molecule has 0 aromatic carbocycles. The van der Waals surface area contributed by atoms with Crippen LogP contribution in [0.2, 0.25) is 0 Å². The van der Waals surface area contributed by atoms with Crippen LogP contribution < -0.4 is 10.6 Å². The van der Waals surface area contributed by atoms with Gasteiger partial charge in [-0.05, 0) is 32.7 Å². The van der Waals surface area contributed by atoms with Gasteiger partial charge in [-0.25, -0.2) is 4.98 Å². The quantitative estimate of drug-likeness (QED) is 0.819. The number of amides is 1. The van der Waals surface area contributed by atoms with Crippen molar-refractivity contribution < 1.29 is 9.59 Å². The van der Waals surface area contributed by atoms with Gasteiger partial charge in [0.1, 0.15) is 5.69 Å². The van der Waals surface area contributed by atoms with E-state index < -0.39 is 5.54 Å². The fraction of sp³-hybridized carbons (Fsp3) is 0.583. The monoisotopic (exact) mass is 267 g/mol. The molecular weight excluding hydrogens is 250 g/mol. The van der Waals surface area contributed by atoms with E-state index >= 15 is 0 Å². The third kappa shape index (κ3) is 2.76. The standard InChI is InChI=1S/C12H17N3O2S/c1-8(16)9-7-18-11(14-9)15-10(17)12(2)5-3-4-6-13-12/h7,13H,3-6H2,1-2H3,(H,14,15,17). The maximum absolute atomic E-state index is 12.2. The van der Waals surface area contributed by atoms with E-state index in [1.54, 1.807) is 5.38 Å². The molecule has 0 bridgehead atoms. The summed E-state index contributed by atoms with van der Waals surface area (Å²) < 4.78 is 0. The maximum atomic E-state index is 12.2. The predicted octanol–water partition coefficient (Wildman–Crippen LogP) is 1.82. The third-order valence-corrected chi connectivity index (χ3v) is 3.96. The van der Waals surface area contributed by atoms with Crippen molar-refractivity contribution in [3.8, 4) is 0 Å². The molecule has 1 aromatic heterocycles. The van der Waals surface area contributed by atoms with Gasteiger partial charge in [0, 0.05) is 12.3 Å². The molecule has 0 aliphatic carbocycles. The van der Waals surface area contributed by atoms with E-state index in [-0.39, 0.29) is 11.7 Å². The average Bonchev–Trinajstić information content (AvgIpc) is 2.78. The van der Waals surface area contributed by atoms with E-state index in [9.17, 15) is 9.59 Å². The number of hydrogen-bond donors (Lipinski definition) is 2. The lowest BCUT2D eigenvalue weighted by atomic mass is 9.90. The van der Waals surface area contributed by atoms with Gasteiger partial charge in [0.2, 0.25) is 5.91 Å². The van der Waals surface area contributed by atoms with E-state index in [2.05, 4.69) is 15.6 Å². The zero-order valence-corrected chi connectivity index (χ0v) is 11.4. The highest BCUT2D eigenvalue weighted by atomic mass is 32.1. The molecule has 0 spiro atoms. The van der Waals surface area contributed by atoms with Gasteiger partial charge in [0.15, 0.2) is 10.9 Å². The number of nitrogens with one attached hydrogen (secondary N) is 2. The Balaban J connectivity index is 2.03. The number of Topliss-reactive ketones (excluding diaryl/α,β-unsaturated/α-hetero) is 1. The molecule has 6 heteroatoms. The van der Waals surface area contributed by atoms with Gasteiger partial charge in [-0.1, -0.05) is 0 Å². The van der Waals surface area contributed by atoms with Gasteiger partial charge >= 0.3 is 0 Å². The van der Waals surface area contributed by atoms with Crippen LogP contribution in [-0.4, -0.2) is 28.8 Å². The lowest BCUT2D eigenvalue weighted by Gasteiger charge is -2.33. The highest BCUT2D eigenvalue weighted by Gasteiger charge is 2.34. The number of ketones is 1. The number of rotatable bonds is 3. The summed E-state index contributed by atoms with van der Waals surface area (Å²) >= 11 is 1.28. The van der Waals surface area contributed by atoms with Crippen molar-refractivity contribution in [3.63, 3.8) is 0 Å². The number of carbonyl (C=O) groups excluding carboxylic acids is 2. The highest BCUT2D eigenvalue weighted by molar-refractivity contribution is 7.14. The summed E-state index contributed by atoms with van der Waals surface area (Å²) in [6, 6.07) is 0. The van der Waals surface area contributed by atoms with Gasteiger partial charge in [-0.15, -0.1) is 11.3 Å². The van der Waals surface area contributed by atoms with E-state index in [1.165, 1.54) is 18.3 Å².